The highest BCUT2D eigenvalue weighted by atomic mass is 16.5. The second kappa shape index (κ2) is 5.98. The Balaban J connectivity index is 2.32. The van der Waals surface area contributed by atoms with Crippen LogP contribution < -0.4 is 0 Å². The first-order chi connectivity index (χ1) is 8.36. The molecule has 0 aromatic rings. The number of hydrogen-bond acceptors (Lipinski definition) is 4. The Morgan fingerprint density at radius 3 is 2.56 bits per heavy atom. The molecule has 1 fully saturated rings. The monoisotopic (exact) mass is 255 g/mol. The highest BCUT2D eigenvalue weighted by Gasteiger charge is 2.38. The van der Waals surface area contributed by atoms with E-state index >= 15 is 0 Å². The van der Waals surface area contributed by atoms with E-state index in [9.17, 15) is 14.4 Å². The number of carbonyl (C=O) groups is 3. The molecule has 0 saturated carbocycles. The Hall–Kier alpha value is -1.39. The average molecular weight is 255 g/mol. The molecule has 18 heavy (non-hydrogen) atoms. The zero-order chi connectivity index (χ0) is 13.8. The number of ether oxygens (including phenoxy) is 1. The molecule has 0 N–H and O–H groups in total. The lowest BCUT2D eigenvalue weighted by Crippen LogP contribution is -2.32. The van der Waals surface area contributed by atoms with Gasteiger partial charge in [0.15, 0.2) is 0 Å². The van der Waals surface area contributed by atoms with E-state index in [2.05, 4.69) is 0 Å². The lowest BCUT2D eigenvalue weighted by Gasteiger charge is -2.18. The van der Waals surface area contributed by atoms with Crippen molar-refractivity contribution >= 4 is 17.7 Å². The van der Waals surface area contributed by atoms with E-state index in [1.807, 2.05) is 13.8 Å². The van der Waals surface area contributed by atoms with E-state index < -0.39 is 5.97 Å². The van der Waals surface area contributed by atoms with Crippen molar-refractivity contribution in [1.82, 2.24) is 4.90 Å². The molecule has 5 nitrogen and oxygen atoms in total. The number of Topliss-reactive ketones (excluding diaryl/α,β-unsaturated/α-hetero) is 1. The number of likely N-dealkylation sites (tertiary alicyclic amines) is 1. The quantitative estimate of drug-likeness (QED) is 0.527. The van der Waals surface area contributed by atoms with E-state index in [-0.39, 0.29) is 36.6 Å². The van der Waals surface area contributed by atoms with Gasteiger partial charge in [0.1, 0.15) is 12.2 Å². The van der Waals surface area contributed by atoms with Crippen LogP contribution in [0.15, 0.2) is 0 Å². The second-order valence-electron chi connectivity index (χ2n) is 5.20. The predicted octanol–water partition coefficient (Wildman–Crippen LogP) is 1.16. The van der Waals surface area contributed by atoms with Crippen LogP contribution in [-0.4, -0.2) is 42.3 Å². The van der Waals surface area contributed by atoms with Crippen molar-refractivity contribution < 1.29 is 19.1 Å². The average Bonchev–Trinajstić information content (AvgIpc) is 2.52. The molecule has 0 radical (unpaired) electrons. The van der Waals surface area contributed by atoms with Gasteiger partial charge in [-0.1, -0.05) is 13.8 Å². The van der Waals surface area contributed by atoms with Crippen molar-refractivity contribution in [1.29, 1.82) is 0 Å². The molecule has 1 heterocycles. The van der Waals surface area contributed by atoms with Gasteiger partial charge in [-0.2, -0.15) is 0 Å². The van der Waals surface area contributed by atoms with Crippen LogP contribution in [0.1, 0.15) is 40.0 Å². The molecule has 1 amide bonds. The third-order valence-electron chi connectivity index (χ3n) is 3.18. The molecule has 0 atom stereocenters. The Bertz CT molecular complexity index is 349. The van der Waals surface area contributed by atoms with Crippen molar-refractivity contribution in [2.75, 3.05) is 19.7 Å². The summed E-state index contributed by atoms with van der Waals surface area (Å²) in [6, 6.07) is 0. The molecule has 1 aliphatic heterocycles. The molecule has 5 heteroatoms. The number of hydrogen-bond donors (Lipinski definition) is 0. The van der Waals surface area contributed by atoms with Crippen LogP contribution in [0.4, 0.5) is 0 Å². The fourth-order valence-electron chi connectivity index (χ4n) is 1.99. The predicted molar refractivity (Wildman–Crippen MR) is 65.9 cm³/mol. The molecule has 102 valence electrons. The zero-order valence-electron chi connectivity index (χ0n) is 11.3. The molecule has 1 rings (SSSR count). The number of nitrogens with zero attached hydrogens (tertiary/aromatic N) is 1. The van der Waals surface area contributed by atoms with Crippen LogP contribution in [0.2, 0.25) is 0 Å². The van der Waals surface area contributed by atoms with Gasteiger partial charge in [0.25, 0.3) is 0 Å². The second-order valence-corrected chi connectivity index (χ2v) is 5.20. The summed E-state index contributed by atoms with van der Waals surface area (Å²) >= 11 is 0. The van der Waals surface area contributed by atoms with Crippen LogP contribution in [-0.2, 0) is 19.1 Å². The summed E-state index contributed by atoms with van der Waals surface area (Å²) in [5.41, 5.74) is -0.315. The van der Waals surface area contributed by atoms with Gasteiger partial charge in [-0.15, -0.1) is 0 Å². The van der Waals surface area contributed by atoms with Gasteiger partial charge in [-0.05, 0) is 13.3 Å². The smallest absolute Gasteiger partial charge is 0.313 e. The molecule has 0 aromatic heterocycles. The van der Waals surface area contributed by atoms with Crippen LogP contribution in [0.25, 0.3) is 0 Å². The molecule has 0 aliphatic carbocycles. The summed E-state index contributed by atoms with van der Waals surface area (Å²) in [5, 5.41) is 0. The van der Waals surface area contributed by atoms with Gasteiger partial charge in [-0.25, -0.2) is 0 Å². The van der Waals surface area contributed by atoms with Crippen molar-refractivity contribution in [3.05, 3.63) is 0 Å². The fourth-order valence-corrected chi connectivity index (χ4v) is 1.99. The number of carbonyl (C=O) groups excluding carboxylic acids is 3. The van der Waals surface area contributed by atoms with E-state index in [0.29, 0.717) is 13.1 Å². The van der Waals surface area contributed by atoms with Crippen LogP contribution >= 0.6 is 0 Å². The number of esters is 1. The Morgan fingerprint density at radius 1 is 1.39 bits per heavy atom. The topological polar surface area (TPSA) is 63.7 Å². The fraction of sp³-hybridized carbons (Fsp3) is 0.769. The van der Waals surface area contributed by atoms with E-state index in [4.69, 9.17) is 4.74 Å². The molecule has 0 spiro atoms. The Kier molecular flexibility index (Phi) is 4.87. The molecular formula is C13H21NO4. The standard InChI is InChI=1S/C13H21NO4/c1-4-18-11(16)9-10(15)5-7-14-8-6-13(2,3)12(14)17/h4-9H2,1-3H3. The van der Waals surface area contributed by atoms with Crippen molar-refractivity contribution in [2.24, 2.45) is 5.41 Å². The lowest BCUT2D eigenvalue weighted by molar-refractivity contribution is -0.145. The summed E-state index contributed by atoms with van der Waals surface area (Å²) in [4.78, 5) is 36.2. The number of rotatable bonds is 6. The first-order valence-electron chi connectivity index (χ1n) is 6.33. The molecule has 1 saturated heterocycles. The maximum absolute atomic E-state index is 11.9. The van der Waals surface area contributed by atoms with Crippen molar-refractivity contribution in [3.8, 4) is 0 Å². The first-order valence-corrected chi connectivity index (χ1v) is 6.33. The highest BCUT2D eigenvalue weighted by Crippen LogP contribution is 2.30. The van der Waals surface area contributed by atoms with Crippen LogP contribution in [0, 0.1) is 5.41 Å². The van der Waals surface area contributed by atoms with E-state index in [1.54, 1.807) is 11.8 Å². The van der Waals surface area contributed by atoms with Gasteiger partial charge in [-0.3, -0.25) is 14.4 Å². The van der Waals surface area contributed by atoms with Crippen molar-refractivity contribution in [2.45, 2.75) is 40.0 Å². The highest BCUT2D eigenvalue weighted by molar-refractivity contribution is 5.95. The third kappa shape index (κ3) is 3.82. The largest absolute Gasteiger partial charge is 0.466 e. The lowest BCUT2D eigenvalue weighted by atomic mass is 9.92. The zero-order valence-corrected chi connectivity index (χ0v) is 11.3. The summed E-state index contributed by atoms with van der Waals surface area (Å²) in [6.07, 6.45) is 0.845. The van der Waals surface area contributed by atoms with Gasteiger partial charge in [0.05, 0.1) is 6.61 Å². The summed E-state index contributed by atoms with van der Waals surface area (Å²) in [7, 11) is 0. The molecular weight excluding hydrogens is 234 g/mol. The van der Waals surface area contributed by atoms with Crippen LogP contribution in [0.5, 0.6) is 0 Å². The summed E-state index contributed by atoms with van der Waals surface area (Å²) in [6.45, 7) is 6.91. The van der Waals surface area contributed by atoms with Gasteiger partial charge in [0.2, 0.25) is 5.91 Å². The summed E-state index contributed by atoms with van der Waals surface area (Å²) < 4.78 is 4.70. The van der Waals surface area contributed by atoms with Crippen molar-refractivity contribution in [3.63, 3.8) is 0 Å². The Morgan fingerprint density at radius 2 is 2.06 bits per heavy atom. The maximum atomic E-state index is 11.9. The third-order valence-corrected chi connectivity index (χ3v) is 3.18. The SMILES string of the molecule is CCOC(=O)CC(=O)CCN1CCC(C)(C)C1=O. The van der Waals surface area contributed by atoms with Gasteiger partial charge >= 0.3 is 5.97 Å². The van der Waals surface area contributed by atoms with E-state index in [1.165, 1.54) is 0 Å². The molecule has 0 bridgehead atoms. The Labute approximate surface area is 107 Å². The minimum atomic E-state index is -0.490. The minimum absolute atomic E-state index is 0.0893. The normalized spacial score (nSPS) is 17.9. The van der Waals surface area contributed by atoms with Gasteiger partial charge < -0.3 is 9.64 Å². The number of ketones is 1. The first kappa shape index (κ1) is 14.7. The number of amides is 1. The van der Waals surface area contributed by atoms with Gasteiger partial charge in [0, 0.05) is 24.9 Å². The molecule has 0 unspecified atom stereocenters. The summed E-state index contributed by atoms with van der Waals surface area (Å²) in [5.74, 6) is -0.576. The molecule has 0 aromatic carbocycles. The van der Waals surface area contributed by atoms with Crippen LogP contribution in [0.3, 0.4) is 0 Å². The van der Waals surface area contributed by atoms with E-state index in [0.717, 1.165) is 6.42 Å². The minimum Gasteiger partial charge on any atom is -0.466 e. The molecule has 1 aliphatic rings. The maximum Gasteiger partial charge on any atom is 0.313 e.